The molecule has 122 valence electrons. The van der Waals surface area contributed by atoms with Crippen molar-refractivity contribution in [1.82, 2.24) is 0 Å². The molecule has 2 nitrogen and oxygen atoms in total. The van der Waals surface area contributed by atoms with E-state index in [1.807, 2.05) is 0 Å². The number of unbranched alkanes of at least 4 members (excludes halogenated alkanes) is 8. The highest BCUT2D eigenvalue weighted by Crippen LogP contribution is 2.19. The molecule has 20 heavy (non-hydrogen) atoms. The summed E-state index contributed by atoms with van der Waals surface area (Å²) < 4.78 is 5.67. The van der Waals surface area contributed by atoms with E-state index in [1.165, 1.54) is 77.0 Å². The first-order valence-electron chi connectivity index (χ1n) is 9.12. The third-order valence-electron chi connectivity index (χ3n) is 4.05. The van der Waals surface area contributed by atoms with E-state index in [0.717, 1.165) is 19.1 Å². The quantitative estimate of drug-likeness (QED) is 0.391. The average molecular weight is 286 g/mol. The van der Waals surface area contributed by atoms with E-state index in [1.54, 1.807) is 0 Å². The van der Waals surface area contributed by atoms with Crippen LogP contribution in [0.4, 0.5) is 0 Å². The predicted octanol–water partition coefficient (Wildman–Crippen LogP) is 5.30. The molecule has 0 heterocycles. The number of ether oxygens (including phenoxy) is 1. The Bertz CT molecular complexity index is 173. The molecule has 0 saturated carbocycles. The van der Waals surface area contributed by atoms with Gasteiger partial charge in [-0.25, -0.2) is 0 Å². The average Bonchev–Trinajstić information content (AvgIpc) is 2.46. The van der Waals surface area contributed by atoms with Gasteiger partial charge >= 0.3 is 0 Å². The fraction of sp³-hybridized carbons (Fsp3) is 1.00. The number of hydrogen-bond acceptors (Lipinski definition) is 2. The molecule has 2 heteroatoms. The third kappa shape index (κ3) is 14.3. The van der Waals surface area contributed by atoms with E-state index in [2.05, 4.69) is 13.8 Å². The van der Waals surface area contributed by atoms with Gasteiger partial charge in [0.2, 0.25) is 0 Å². The molecule has 0 fully saturated rings. The van der Waals surface area contributed by atoms with Crippen molar-refractivity contribution in [1.29, 1.82) is 0 Å². The summed E-state index contributed by atoms with van der Waals surface area (Å²) in [4.78, 5) is 0. The summed E-state index contributed by atoms with van der Waals surface area (Å²) in [6.07, 6.45) is 16.5. The molecule has 0 aromatic carbocycles. The van der Waals surface area contributed by atoms with Crippen molar-refractivity contribution in [3.05, 3.63) is 0 Å². The molecule has 0 amide bonds. The minimum Gasteiger partial charge on any atom is -0.380 e. The van der Waals surface area contributed by atoms with Crippen LogP contribution in [0.2, 0.25) is 0 Å². The summed E-state index contributed by atoms with van der Waals surface area (Å²) >= 11 is 0. The summed E-state index contributed by atoms with van der Waals surface area (Å²) in [6.45, 7) is 6.86. The lowest BCUT2D eigenvalue weighted by Crippen LogP contribution is -2.15. The Morgan fingerprint density at radius 3 is 1.80 bits per heavy atom. The lowest BCUT2D eigenvalue weighted by atomic mass is 9.95. The highest BCUT2D eigenvalue weighted by atomic mass is 16.5. The van der Waals surface area contributed by atoms with Gasteiger partial charge in [-0.2, -0.15) is 0 Å². The Kier molecular flexibility index (Phi) is 16.9. The lowest BCUT2D eigenvalue weighted by Gasteiger charge is -2.17. The largest absolute Gasteiger partial charge is 0.380 e. The first-order chi connectivity index (χ1) is 9.85. The molecule has 0 aromatic rings. The van der Waals surface area contributed by atoms with Gasteiger partial charge in [0.1, 0.15) is 0 Å². The van der Waals surface area contributed by atoms with Gasteiger partial charge in [-0.05, 0) is 18.8 Å². The Hall–Kier alpha value is -0.0800. The van der Waals surface area contributed by atoms with E-state index in [-0.39, 0.29) is 0 Å². The molecule has 0 aliphatic carbocycles. The second-order valence-electron chi connectivity index (χ2n) is 6.14. The maximum absolute atomic E-state index is 5.67. The molecule has 0 spiro atoms. The van der Waals surface area contributed by atoms with Crippen LogP contribution in [0.3, 0.4) is 0 Å². The second-order valence-corrected chi connectivity index (χ2v) is 6.14. The van der Waals surface area contributed by atoms with Crippen molar-refractivity contribution in [2.24, 2.45) is 11.7 Å². The van der Waals surface area contributed by atoms with Crippen molar-refractivity contribution in [2.45, 2.75) is 90.9 Å². The highest BCUT2D eigenvalue weighted by Gasteiger charge is 2.08. The first-order valence-corrected chi connectivity index (χ1v) is 9.12. The van der Waals surface area contributed by atoms with Crippen molar-refractivity contribution in [2.75, 3.05) is 19.8 Å². The van der Waals surface area contributed by atoms with E-state index in [9.17, 15) is 0 Å². The summed E-state index contributed by atoms with van der Waals surface area (Å²) in [5.74, 6) is 0.768. The van der Waals surface area contributed by atoms with Crippen molar-refractivity contribution in [3.63, 3.8) is 0 Å². The summed E-state index contributed by atoms with van der Waals surface area (Å²) in [6, 6.07) is 0. The molecular weight excluding hydrogens is 246 g/mol. The summed E-state index contributed by atoms with van der Waals surface area (Å²) in [5, 5.41) is 0. The number of nitrogens with two attached hydrogens (primary N) is 1. The van der Waals surface area contributed by atoms with Crippen LogP contribution in [0.15, 0.2) is 0 Å². The minimum absolute atomic E-state index is 0.652. The molecule has 0 radical (unpaired) electrons. The molecule has 0 saturated heterocycles. The van der Waals surface area contributed by atoms with Crippen LogP contribution in [0, 0.1) is 5.92 Å². The van der Waals surface area contributed by atoms with Crippen molar-refractivity contribution in [3.8, 4) is 0 Å². The van der Waals surface area contributed by atoms with Gasteiger partial charge in [0.25, 0.3) is 0 Å². The van der Waals surface area contributed by atoms with E-state index in [4.69, 9.17) is 10.5 Å². The van der Waals surface area contributed by atoms with Gasteiger partial charge in [-0.15, -0.1) is 0 Å². The molecule has 0 aromatic heterocycles. The lowest BCUT2D eigenvalue weighted by molar-refractivity contribution is 0.0966. The van der Waals surface area contributed by atoms with Crippen molar-refractivity contribution < 1.29 is 4.74 Å². The highest BCUT2D eigenvalue weighted by molar-refractivity contribution is 4.60. The van der Waals surface area contributed by atoms with Gasteiger partial charge in [-0.1, -0.05) is 78.1 Å². The fourth-order valence-electron chi connectivity index (χ4n) is 2.72. The molecular formula is C18H39NO. The minimum atomic E-state index is 0.652. The van der Waals surface area contributed by atoms with Crippen LogP contribution in [0.5, 0.6) is 0 Å². The number of rotatable bonds is 16. The fourth-order valence-corrected chi connectivity index (χ4v) is 2.72. The monoisotopic (exact) mass is 285 g/mol. The SMILES string of the molecule is CCCCCCCCC(CCCCCC)COCCN. The number of hydrogen-bond donors (Lipinski definition) is 1. The molecule has 0 aliphatic heterocycles. The molecule has 1 unspecified atom stereocenters. The van der Waals surface area contributed by atoms with E-state index >= 15 is 0 Å². The molecule has 0 bridgehead atoms. The van der Waals surface area contributed by atoms with E-state index in [0.29, 0.717) is 6.54 Å². The van der Waals surface area contributed by atoms with Gasteiger partial charge in [-0.3, -0.25) is 0 Å². The Morgan fingerprint density at radius 2 is 1.25 bits per heavy atom. The molecule has 0 aliphatic rings. The third-order valence-corrected chi connectivity index (χ3v) is 4.05. The van der Waals surface area contributed by atoms with Gasteiger partial charge in [0, 0.05) is 13.2 Å². The normalized spacial score (nSPS) is 12.8. The van der Waals surface area contributed by atoms with Crippen LogP contribution in [0.1, 0.15) is 90.9 Å². The smallest absolute Gasteiger partial charge is 0.0588 e. The molecule has 0 rings (SSSR count). The van der Waals surface area contributed by atoms with Crippen molar-refractivity contribution >= 4 is 0 Å². The zero-order valence-electron chi connectivity index (χ0n) is 14.2. The van der Waals surface area contributed by atoms with Crippen LogP contribution in [-0.4, -0.2) is 19.8 Å². The second kappa shape index (κ2) is 17.0. The van der Waals surface area contributed by atoms with Gasteiger partial charge < -0.3 is 10.5 Å². The van der Waals surface area contributed by atoms with Crippen LogP contribution in [-0.2, 0) is 4.74 Å². The van der Waals surface area contributed by atoms with Gasteiger partial charge in [0.05, 0.1) is 6.61 Å². The standard InChI is InChI=1S/C18H39NO/c1-3-5-7-9-10-12-14-18(17-20-16-15-19)13-11-8-6-4-2/h18H,3-17,19H2,1-2H3. The summed E-state index contributed by atoms with van der Waals surface area (Å²) in [5.41, 5.74) is 5.50. The Balaban J connectivity index is 3.62. The Labute approximate surface area is 127 Å². The van der Waals surface area contributed by atoms with Gasteiger partial charge in [0.15, 0.2) is 0 Å². The zero-order chi connectivity index (χ0) is 14.9. The summed E-state index contributed by atoms with van der Waals surface area (Å²) in [7, 11) is 0. The van der Waals surface area contributed by atoms with Crippen LogP contribution < -0.4 is 5.73 Å². The topological polar surface area (TPSA) is 35.2 Å². The van der Waals surface area contributed by atoms with E-state index < -0.39 is 0 Å². The maximum Gasteiger partial charge on any atom is 0.0588 e. The first kappa shape index (κ1) is 19.9. The maximum atomic E-state index is 5.67. The Morgan fingerprint density at radius 1 is 0.750 bits per heavy atom. The van der Waals surface area contributed by atoms with Crippen LogP contribution >= 0.6 is 0 Å². The van der Waals surface area contributed by atoms with Crippen LogP contribution in [0.25, 0.3) is 0 Å². The predicted molar refractivity (Wildman–Crippen MR) is 90.1 cm³/mol. The zero-order valence-corrected chi connectivity index (χ0v) is 14.2. The molecule has 1 atom stereocenters. The molecule has 2 N–H and O–H groups in total.